The van der Waals surface area contributed by atoms with Crippen molar-refractivity contribution in [2.24, 2.45) is 5.92 Å². The molecular formula is C21H29N5O4. The lowest BCUT2D eigenvalue weighted by atomic mass is 10.0. The van der Waals surface area contributed by atoms with Crippen LogP contribution in [0.5, 0.6) is 11.5 Å². The van der Waals surface area contributed by atoms with Crippen LogP contribution in [0.4, 0.5) is 0 Å². The van der Waals surface area contributed by atoms with Crippen LogP contribution in [0.15, 0.2) is 24.4 Å². The van der Waals surface area contributed by atoms with E-state index >= 15 is 0 Å². The van der Waals surface area contributed by atoms with Gasteiger partial charge < -0.3 is 19.7 Å². The molecule has 0 saturated carbocycles. The third-order valence-corrected chi connectivity index (χ3v) is 5.11. The molecule has 1 aromatic carbocycles. The van der Waals surface area contributed by atoms with E-state index in [9.17, 15) is 9.59 Å². The van der Waals surface area contributed by atoms with E-state index in [1.165, 1.54) is 7.11 Å². The topological polar surface area (TPSA) is 98.6 Å². The molecule has 162 valence electrons. The highest BCUT2D eigenvalue weighted by Crippen LogP contribution is 2.28. The molecule has 1 N–H and O–H groups in total. The van der Waals surface area contributed by atoms with Gasteiger partial charge in [0.25, 0.3) is 11.8 Å². The predicted molar refractivity (Wildman–Crippen MR) is 111 cm³/mol. The standard InChI is InChI=1S/C21H29N5O4/c1-14(2)11-22-20(27)18-13-26(24-23-18)15-6-5-9-25(12-15)21(28)17-8-7-16(29-3)10-19(17)30-4/h7-8,10,13-15H,5-6,9,11-12H2,1-4H3,(H,22,27)/t15-/m1/s1. The van der Waals surface area contributed by atoms with Gasteiger partial charge in [-0.25, -0.2) is 4.68 Å². The fraction of sp³-hybridized carbons (Fsp3) is 0.524. The first kappa shape index (κ1) is 21.6. The molecular weight excluding hydrogens is 386 g/mol. The van der Waals surface area contributed by atoms with E-state index in [1.807, 2.05) is 13.8 Å². The quantitative estimate of drug-likeness (QED) is 0.744. The molecule has 0 unspecified atom stereocenters. The van der Waals surface area contributed by atoms with Gasteiger partial charge >= 0.3 is 0 Å². The number of amides is 2. The van der Waals surface area contributed by atoms with Crippen LogP contribution in [-0.4, -0.2) is 65.6 Å². The molecule has 0 radical (unpaired) electrons. The Bertz CT molecular complexity index is 895. The van der Waals surface area contributed by atoms with Gasteiger partial charge in [-0.2, -0.15) is 0 Å². The van der Waals surface area contributed by atoms with Crippen molar-refractivity contribution >= 4 is 11.8 Å². The Balaban J connectivity index is 1.70. The molecule has 1 atom stereocenters. The Morgan fingerprint density at radius 2 is 2.07 bits per heavy atom. The Hall–Kier alpha value is -3.10. The summed E-state index contributed by atoms with van der Waals surface area (Å²) in [4.78, 5) is 27.1. The normalized spacial score (nSPS) is 16.4. The highest BCUT2D eigenvalue weighted by Gasteiger charge is 2.28. The number of nitrogens with one attached hydrogen (secondary N) is 1. The minimum absolute atomic E-state index is 0.0360. The summed E-state index contributed by atoms with van der Waals surface area (Å²) in [6.07, 6.45) is 3.35. The van der Waals surface area contributed by atoms with E-state index in [1.54, 1.807) is 41.1 Å². The number of benzene rings is 1. The first-order valence-corrected chi connectivity index (χ1v) is 10.1. The van der Waals surface area contributed by atoms with E-state index in [-0.39, 0.29) is 23.6 Å². The molecule has 2 aromatic rings. The largest absolute Gasteiger partial charge is 0.497 e. The van der Waals surface area contributed by atoms with Crippen LogP contribution in [0, 0.1) is 5.92 Å². The number of rotatable bonds is 7. The second-order valence-corrected chi connectivity index (χ2v) is 7.80. The Morgan fingerprint density at radius 3 is 2.77 bits per heavy atom. The molecule has 9 heteroatoms. The summed E-state index contributed by atoms with van der Waals surface area (Å²) in [5.74, 6) is 1.13. The maximum absolute atomic E-state index is 13.1. The number of carbonyl (C=O) groups is 2. The van der Waals surface area contributed by atoms with Crippen LogP contribution in [0.25, 0.3) is 0 Å². The number of carbonyl (C=O) groups excluding carboxylic acids is 2. The number of aromatic nitrogens is 3. The molecule has 0 bridgehead atoms. The Labute approximate surface area is 176 Å². The zero-order valence-corrected chi connectivity index (χ0v) is 17.9. The molecule has 1 aromatic heterocycles. The van der Waals surface area contributed by atoms with Crippen molar-refractivity contribution in [3.63, 3.8) is 0 Å². The maximum atomic E-state index is 13.1. The number of likely N-dealkylation sites (tertiary alicyclic amines) is 1. The second kappa shape index (κ2) is 9.60. The maximum Gasteiger partial charge on any atom is 0.273 e. The smallest absolute Gasteiger partial charge is 0.273 e. The predicted octanol–water partition coefficient (Wildman–Crippen LogP) is 2.16. The fourth-order valence-corrected chi connectivity index (χ4v) is 3.45. The van der Waals surface area contributed by atoms with Gasteiger partial charge in [0.2, 0.25) is 0 Å². The van der Waals surface area contributed by atoms with Gasteiger partial charge in [0, 0.05) is 25.7 Å². The van der Waals surface area contributed by atoms with Crippen molar-refractivity contribution in [1.82, 2.24) is 25.2 Å². The second-order valence-electron chi connectivity index (χ2n) is 7.80. The van der Waals surface area contributed by atoms with Crippen LogP contribution in [0.2, 0.25) is 0 Å². The fourth-order valence-electron chi connectivity index (χ4n) is 3.45. The minimum Gasteiger partial charge on any atom is -0.497 e. The van der Waals surface area contributed by atoms with Crippen molar-refractivity contribution in [2.75, 3.05) is 33.9 Å². The molecule has 1 aliphatic rings. The van der Waals surface area contributed by atoms with Crippen LogP contribution >= 0.6 is 0 Å². The average molecular weight is 415 g/mol. The van der Waals surface area contributed by atoms with Crippen molar-refractivity contribution < 1.29 is 19.1 Å². The summed E-state index contributed by atoms with van der Waals surface area (Å²) in [6.45, 7) is 5.79. The van der Waals surface area contributed by atoms with Crippen molar-refractivity contribution in [1.29, 1.82) is 0 Å². The molecule has 0 spiro atoms. The summed E-state index contributed by atoms with van der Waals surface area (Å²) >= 11 is 0. The number of piperidine rings is 1. The number of hydrogen-bond donors (Lipinski definition) is 1. The average Bonchev–Trinajstić information content (AvgIpc) is 3.27. The van der Waals surface area contributed by atoms with E-state index < -0.39 is 0 Å². The first-order valence-electron chi connectivity index (χ1n) is 10.1. The van der Waals surface area contributed by atoms with Crippen LogP contribution in [0.3, 0.4) is 0 Å². The van der Waals surface area contributed by atoms with Crippen molar-refractivity contribution in [3.05, 3.63) is 35.7 Å². The summed E-state index contributed by atoms with van der Waals surface area (Å²) < 4.78 is 12.3. The summed E-state index contributed by atoms with van der Waals surface area (Å²) in [6, 6.07) is 5.13. The van der Waals surface area contributed by atoms with Gasteiger partial charge in [0.1, 0.15) is 11.5 Å². The third-order valence-electron chi connectivity index (χ3n) is 5.11. The van der Waals surface area contributed by atoms with Crippen LogP contribution in [-0.2, 0) is 0 Å². The SMILES string of the molecule is COc1ccc(C(=O)N2CCC[C@@H](n3cc(C(=O)NCC(C)C)nn3)C2)c(OC)c1. The van der Waals surface area contributed by atoms with Crippen LogP contribution < -0.4 is 14.8 Å². The summed E-state index contributed by atoms with van der Waals surface area (Å²) in [5.41, 5.74) is 0.780. The molecule has 1 saturated heterocycles. The lowest BCUT2D eigenvalue weighted by Gasteiger charge is -2.33. The molecule has 9 nitrogen and oxygen atoms in total. The lowest BCUT2D eigenvalue weighted by Crippen LogP contribution is -2.41. The lowest BCUT2D eigenvalue weighted by molar-refractivity contribution is 0.0668. The van der Waals surface area contributed by atoms with Crippen LogP contribution in [0.1, 0.15) is 53.6 Å². The number of methoxy groups -OCH3 is 2. The van der Waals surface area contributed by atoms with Gasteiger partial charge in [0.05, 0.1) is 32.0 Å². The molecule has 30 heavy (non-hydrogen) atoms. The zero-order valence-electron chi connectivity index (χ0n) is 17.9. The third kappa shape index (κ3) is 4.90. The van der Waals surface area contributed by atoms with Gasteiger partial charge in [-0.1, -0.05) is 19.1 Å². The van der Waals surface area contributed by atoms with Crippen molar-refractivity contribution in [3.8, 4) is 11.5 Å². The minimum atomic E-state index is -0.235. The number of hydrogen-bond acceptors (Lipinski definition) is 6. The molecule has 1 aliphatic heterocycles. The highest BCUT2D eigenvalue weighted by atomic mass is 16.5. The highest BCUT2D eigenvalue weighted by molar-refractivity contribution is 5.97. The Morgan fingerprint density at radius 1 is 1.27 bits per heavy atom. The van der Waals surface area contributed by atoms with E-state index in [4.69, 9.17) is 9.47 Å². The molecule has 0 aliphatic carbocycles. The zero-order chi connectivity index (χ0) is 21.7. The van der Waals surface area contributed by atoms with E-state index in [2.05, 4.69) is 15.6 Å². The van der Waals surface area contributed by atoms with Gasteiger partial charge in [-0.15, -0.1) is 5.10 Å². The monoisotopic (exact) mass is 415 g/mol. The Kier molecular flexibility index (Phi) is 6.91. The van der Waals surface area contributed by atoms with E-state index in [0.717, 1.165) is 12.8 Å². The van der Waals surface area contributed by atoms with Gasteiger partial charge in [-0.05, 0) is 30.9 Å². The molecule has 2 amide bonds. The van der Waals surface area contributed by atoms with Gasteiger partial charge in [0.15, 0.2) is 5.69 Å². The van der Waals surface area contributed by atoms with Crippen molar-refractivity contribution in [2.45, 2.75) is 32.7 Å². The molecule has 3 rings (SSSR count). The molecule has 1 fully saturated rings. The first-order chi connectivity index (χ1) is 14.4. The molecule has 2 heterocycles. The number of nitrogens with zero attached hydrogens (tertiary/aromatic N) is 4. The number of ether oxygens (including phenoxy) is 2. The summed E-state index contributed by atoms with van der Waals surface area (Å²) in [5, 5.41) is 11.0. The summed E-state index contributed by atoms with van der Waals surface area (Å²) in [7, 11) is 3.10. The van der Waals surface area contributed by atoms with E-state index in [0.29, 0.717) is 42.6 Å². The van der Waals surface area contributed by atoms with Gasteiger partial charge in [-0.3, -0.25) is 9.59 Å².